The number of carbonyl (C=O) groups is 2. The second kappa shape index (κ2) is 9.14. The smallest absolute Gasteiger partial charge is 0.257 e. The molecule has 0 radical (unpaired) electrons. The fraction of sp³-hybridized carbons (Fsp3) is 0.211. The zero-order chi connectivity index (χ0) is 19.9. The number of nitrogens with one attached hydrogen (secondary N) is 2. The number of oxazole rings is 1. The van der Waals surface area contributed by atoms with Gasteiger partial charge in [-0.15, -0.1) is 0 Å². The number of para-hydroxylation sites is 2. The Bertz CT molecular complexity index is 956. The van der Waals surface area contributed by atoms with E-state index in [-0.39, 0.29) is 24.0 Å². The van der Waals surface area contributed by atoms with Crippen LogP contribution in [0.3, 0.4) is 0 Å². The van der Waals surface area contributed by atoms with Gasteiger partial charge in [-0.2, -0.15) is 0 Å². The molecule has 0 fully saturated rings. The van der Waals surface area contributed by atoms with Crippen molar-refractivity contribution in [3.8, 4) is 11.5 Å². The predicted molar refractivity (Wildman–Crippen MR) is 104 cm³/mol. The Balaban J connectivity index is 1.47. The summed E-state index contributed by atoms with van der Waals surface area (Å²) >= 11 is 1.15. The van der Waals surface area contributed by atoms with Gasteiger partial charge in [0.15, 0.2) is 5.58 Å². The number of hydrazine groups is 1. The minimum atomic E-state index is -0.373. The number of ether oxygens (including phenoxy) is 2. The number of benzene rings is 2. The SMILES string of the molecule is COc1ccc(CC(=O)NNC(=O)CSc2nc3ccccc3o2)c(OC)c1. The molecule has 9 heteroatoms. The number of thioether (sulfide) groups is 1. The molecule has 3 rings (SSSR count). The van der Waals surface area contributed by atoms with E-state index in [1.807, 2.05) is 18.2 Å². The monoisotopic (exact) mass is 401 g/mol. The first-order valence-electron chi connectivity index (χ1n) is 8.36. The van der Waals surface area contributed by atoms with Crippen molar-refractivity contribution in [3.63, 3.8) is 0 Å². The van der Waals surface area contributed by atoms with Gasteiger partial charge in [-0.25, -0.2) is 4.98 Å². The number of fused-ring (bicyclic) bond motifs is 1. The number of methoxy groups -OCH3 is 2. The molecule has 1 heterocycles. The molecule has 0 bridgehead atoms. The van der Waals surface area contributed by atoms with Gasteiger partial charge in [0, 0.05) is 11.6 Å². The molecule has 2 aromatic carbocycles. The van der Waals surface area contributed by atoms with Gasteiger partial charge in [0.05, 0.1) is 26.4 Å². The standard InChI is InChI=1S/C19H19N3O5S/c1-25-13-8-7-12(16(10-13)26-2)9-17(23)21-22-18(24)11-28-19-20-14-5-3-4-6-15(14)27-19/h3-8,10H,9,11H2,1-2H3,(H,21,23)(H,22,24). The van der Waals surface area contributed by atoms with Crippen LogP contribution in [0.2, 0.25) is 0 Å². The molecule has 0 spiro atoms. The summed E-state index contributed by atoms with van der Waals surface area (Å²) in [5.74, 6) is 0.475. The summed E-state index contributed by atoms with van der Waals surface area (Å²) in [5, 5.41) is 0.394. The quantitative estimate of drug-likeness (QED) is 0.463. The van der Waals surface area contributed by atoms with Crippen molar-refractivity contribution in [1.29, 1.82) is 0 Å². The molecular formula is C19H19N3O5S. The van der Waals surface area contributed by atoms with Gasteiger partial charge in [0.25, 0.3) is 5.22 Å². The molecule has 28 heavy (non-hydrogen) atoms. The third-order valence-corrected chi connectivity index (χ3v) is 4.62. The number of hydrogen-bond acceptors (Lipinski definition) is 7. The topological polar surface area (TPSA) is 103 Å². The minimum Gasteiger partial charge on any atom is -0.497 e. The lowest BCUT2D eigenvalue weighted by atomic mass is 10.1. The molecule has 146 valence electrons. The van der Waals surface area contributed by atoms with Crippen molar-refractivity contribution < 1.29 is 23.5 Å². The average Bonchev–Trinajstić information content (AvgIpc) is 3.14. The molecule has 0 atom stereocenters. The Kier molecular flexibility index (Phi) is 6.38. The van der Waals surface area contributed by atoms with E-state index in [0.717, 1.165) is 17.3 Å². The molecule has 0 aliphatic heterocycles. The van der Waals surface area contributed by atoms with E-state index in [2.05, 4.69) is 15.8 Å². The Hall–Kier alpha value is -3.20. The van der Waals surface area contributed by atoms with Gasteiger partial charge in [-0.1, -0.05) is 30.0 Å². The van der Waals surface area contributed by atoms with Crippen LogP contribution < -0.4 is 20.3 Å². The first-order chi connectivity index (χ1) is 13.6. The summed E-state index contributed by atoms with van der Waals surface area (Å²) in [6, 6.07) is 12.5. The predicted octanol–water partition coefficient (Wildman–Crippen LogP) is 2.33. The highest BCUT2D eigenvalue weighted by Crippen LogP contribution is 2.25. The number of carbonyl (C=O) groups excluding carboxylic acids is 2. The summed E-state index contributed by atoms with van der Waals surface area (Å²) in [6.07, 6.45) is 0.0473. The second-order valence-electron chi connectivity index (χ2n) is 5.69. The Morgan fingerprint density at radius 2 is 1.86 bits per heavy atom. The Labute approximate surface area is 165 Å². The molecule has 0 aliphatic carbocycles. The fourth-order valence-electron chi connectivity index (χ4n) is 2.43. The molecule has 8 nitrogen and oxygen atoms in total. The van der Waals surface area contributed by atoms with Crippen molar-refractivity contribution >= 4 is 34.7 Å². The molecule has 0 unspecified atom stereocenters. The lowest BCUT2D eigenvalue weighted by Gasteiger charge is -2.11. The third kappa shape index (κ3) is 4.95. The van der Waals surface area contributed by atoms with Crippen LogP contribution in [-0.2, 0) is 16.0 Å². The van der Waals surface area contributed by atoms with Crippen molar-refractivity contribution in [3.05, 3.63) is 48.0 Å². The van der Waals surface area contributed by atoms with Crippen molar-refractivity contribution in [2.45, 2.75) is 11.6 Å². The van der Waals surface area contributed by atoms with E-state index in [9.17, 15) is 9.59 Å². The fourth-order valence-corrected chi connectivity index (χ4v) is 3.07. The highest BCUT2D eigenvalue weighted by molar-refractivity contribution is 7.99. The molecule has 3 aromatic rings. The van der Waals surface area contributed by atoms with Gasteiger partial charge in [0.2, 0.25) is 11.8 Å². The summed E-state index contributed by atoms with van der Waals surface area (Å²) in [4.78, 5) is 28.3. The van der Waals surface area contributed by atoms with Gasteiger partial charge in [-0.05, 0) is 18.2 Å². The zero-order valence-electron chi connectivity index (χ0n) is 15.4. The molecule has 0 saturated carbocycles. The summed E-state index contributed by atoms with van der Waals surface area (Å²) in [7, 11) is 3.07. The van der Waals surface area contributed by atoms with Crippen LogP contribution in [0.5, 0.6) is 11.5 Å². The molecule has 0 saturated heterocycles. The summed E-state index contributed by atoms with van der Waals surface area (Å²) < 4.78 is 15.9. The lowest BCUT2D eigenvalue weighted by Crippen LogP contribution is -2.43. The lowest BCUT2D eigenvalue weighted by molar-refractivity contribution is -0.127. The normalized spacial score (nSPS) is 10.5. The number of hydrogen-bond donors (Lipinski definition) is 2. The van der Waals surface area contributed by atoms with Gasteiger partial charge in [0.1, 0.15) is 17.0 Å². The number of nitrogens with zero attached hydrogens (tertiary/aromatic N) is 1. The van der Waals surface area contributed by atoms with Crippen LogP contribution >= 0.6 is 11.8 Å². The minimum absolute atomic E-state index is 0.0473. The first kappa shape index (κ1) is 19.6. The van der Waals surface area contributed by atoms with E-state index in [0.29, 0.717) is 27.9 Å². The van der Waals surface area contributed by atoms with Crippen LogP contribution in [0, 0.1) is 0 Å². The molecular weight excluding hydrogens is 382 g/mol. The average molecular weight is 401 g/mol. The summed E-state index contributed by atoms with van der Waals surface area (Å²) in [6.45, 7) is 0. The highest BCUT2D eigenvalue weighted by Gasteiger charge is 2.12. The van der Waals surface area contributed by atoms with Crippen LogP contribution in [0.15, 0.2) is 52.1 Å². The third-order valence-electron chi connectivity index (χ3n) is 3.79. The summed E-state index contributed by atoms with van der Waals surface area (Å²) in [5.41, 5.74) is 6.82. The highest BCUT2D eigenvalue weighted by atomic mass is 32.2. The van der Waals surface area contributed by atoms with E-state index < -0.39 is 0 Å². The maximum Gasteiger partial charge on any atom is 0.257 e. The number of rotatable bonds is 7. The van der Waals surface area contributed by atoms with Crippen LogP contribution in [0.25, 0.3) is 11.1 Å². The van der Waals surface area contributed by atoms with Crippen LogP contribution in [-0.4, -0.2) is 36.8 Å². The van der Waals surface area contributed by atoms with Crippen LogP contribution in [0.4, 0.5) is 0 Å². The van der Waals surface area contributed by atoms with E-state index >= 15 is 0 Å². The van der Waals surface area contributed by atoms with Crippen molar-refractivity contribution in [2.75, 3.05) is 20.0 Å². The largest absolute Gasteiger partial charge is 0.497 e. The second-order valence-corrected chi connectivity index (χ2v) is 6.61. The molecule has 2 amide bonds. The van der Waals surface area contributed by atoms with E-state index in [4.69, 9.17) is 13.9 Å². The van der Waals surface area contributed by atoms with E-state index in [1.165, 1.54) is 7.11 Å². The zero-order valence-corrected chi connectivity index (χ0v) is 16.2. The first-order valence-corrected chi connectivity index (χ1v) is 9.34. The van der Waals surface area contributed by atoms with Crippen molar-refractivity contribution in [1.82, 2.24) is 15.8 Å². The van der Waals surface area contributed by atoms with Gasteiger partial charge in [-0.3, -0.25) is 20.4 Å². The van der Waals surface area contributed by atoms with Gasteiger partial charge >= 0.3 is 0 Å². The molecule has 1 aromatic heterocycles. The Morgan fingerprint density at radius 1 is 1.07 bits per heavy atom. The van der Waals surface area contributed by atoms with Crippen LogP contribution in [0.1, 0.15) is 5.56 Å². The maximum absolute atomic E-state index is 12.1. The molecule has 2 N–H and O–H groups in total. The Morgan fingerprint density at radius 3 is 2.61 bits per heavy atom. The van der Waals surface area contributed by atoms with Gasteiger partial charge < -0.3 is 13.9 Å². The van der Waals surface area contributed by atoms with E-state index in [1.54, 1.807) is 31.4 Å². The number of aromatic nitrogens is 1. The molecule has 0 aliphatic rings. The number of amides is 2. The van der Waals surface area contributed by atoms with Crippen molar-refractivity contribution in [2.24, 2.45) is 0 Å². The maximum atomic E-state index is 12.1.